The van der Waals surface area contributed by atoms with Crippen LogP contribution in [-0.4, -0.2) is 53.5 Å². The van der Waals surface area contributed by atoms with Crippen molar-refractivity contribution in [3.8, 4) is 5.69 Å². The lowest BCUT2D eigenvalue weighted by atomic mass is 10.2. The summed E-state index contributed by atoms with van der Waals surface area (Å²) in [5.74, 6) is -0.0192. The Bertz CT molecular complexity index is 990. The van der Waals surface area contributed by atoms with Crippen molar-refractivity contribution in [1.82, 2.24) is 20.1 Å². The fraction of sp³-hybridized carbons (Fsp3) is 0.450. The number of thiazole rings is 1. The Labute approximate surface area is 168 Å². The van der Waals surface area contributed by atoms with Gasteiger partial charge < -0.3 is 15.0 Å². The fourth-order valence-corrected chi connectivity index (χ4v) is 4.35. The smallest absolute Gasteiger partial charge is 0.239 e. The minimum atomic E-state index is -0.0192. The van der Waals surface area contributed by atoms with Crippen LogP contribution in [0, 0.1) is 13.8 Å². The van der Waals surface area contributed by atoms with Crippen LogP contribution in [0.2, 0.25) is 0 Å². The Kier molecular flexibility index (Phi) is 5.32. The first-order valence-electron chi connectivity index (χ1n) is 9.54. The average Bonchev–Trinajstić information content (AvgIpc) is 3.38. The third-order valence-electron chi connectivity index (χ3n) is 4.88. The van der Waals surface area contributed by atoms with Crippen molar-refractivity contribution in [2.45, 2.75) is 32.8 Å². The molecule has 0 radical (unpaired) electrons. The van der Waals surface area contributed by atoms with E-state index in [2.05, 4.69) is 29.5 Å². The number of amides is 1. The second-order valence-electron chi connectivity index (χ2n) is 7.28. The van der Waals surface area contributed by atoms with Crippen molar-refractivity contribution in [3.63, 3.8) is 0 Å². The number of benzene rings is 1. The summed E-state index contributed by atoms with van der Waals surface area (Å²) >= 11 is 1.56. The van der Waals surface area contributed by atoms with E-state index in [1.165, 1.54) is 5.56 Å². The van der Waals surface area contributed by atoms with Crippen LogP contribution in [0.25, 0.3) is 16.0 Å². The van der Waals surface area contributed by atoms with Crippen molar-refractivity contribution in [1.29, 1.82) is 0 Å². The zero-order valence-electron chi connectivity index (χ0n) is 16.4. The largest absolute Gasteiger partial charge is 0.376 e. The molecule has 148 valence electrons. The predicted octanol–water partition coefficient (Wildman–Crippen LogP) is 2.83. The third kappa shape index (κ3) is 3.88. The van der Waals surface area contributed by atoms with Gasteiger partial charge in [-0.15, -0.1) is 0 Å². The summed E-state index contributed by atoms with van der Waals surface area (Å²) in [7, 11) is 1.89. The summed E-state index contributed by atoms with van der Waals surface area (Å²) in [5, 5.41) is 8.42. The minimum Gasteiger partial charge on any atom is -0.376 e. The summed E-state index contributed by atoms with van der Waals surface area (Å²) in [4.78, 5) is 18.9. The molecule has 1 saturated heterocycles. The summed E-state index contributed by atoms with van der Waals surface area (Å²) in [6.45, 7) is 5.69. The fourth-order valence-electron chi connectivity index (χ4n) is 3.40. The molecule has 1 N–H and O–H groups in total. The van der Waals surface area contributed by atoms with Crippen LogP contribution in [0.1, 0.15) is 24.1 Å². The normalized spacial score (nSPS) is 16.6. The lowest BCUT2D eigenvalue weighted by Crippen LogP contribution is -2.38. The number of hydrogen-bond acceptors (Lipinski definition) is 6. The van der Waals surface area contributed by atoms with Gasteiger partial charge in [-0.05, 0) is 44.4 Å². The molecule has 7 nitrogen and oxygen atoms in total. The van der Waals surface area contributed by atoms with E-state index in [9.17, 15) is 4.79 Å². The maximum Gasteiger partial charge on any atom is 0.239 e. The van der Waals surface area contributed by atoms with Gasteiger partial charge in [-0.1, -0.05) is 23.5 Å². The van der Waals surface area contributed by atoms with Gasteiger partial charge in [-0.2, -0.15) is 10.1 Å². The van der Waals surface area contributed by atoms with E-state index in [-0.39, 0.29) is 18.6 Å². The van der Waals surface area contributed by atoms with Crippen LogP contribution in [0.4, 0.5) is 5.13 Å². The SMILES string of the molecule is Cc1cccc(-n2nc(C)c3sc(N(C)CC(=O)NC[C@@H]4CCCO4)nc32)c1. The van der Waals surface area contributed by atoms with Crippen LogP contribution in [0.5, 0.6) is 0 Å². The standard InChI is InChI=1S/C20H25N5O2S/c1-13-6-4-7-15(10-13)25-19-18(14(2)23-25)28-20(22-19)24(3)12-17(26)21-11-16-8-5-9-27-16/h4,6-7,10,16H,5,8-9,11-12H2,1-3H3,(H,21,26)/t16-/m0/s1. The van der Waals surface area contributed by atoms with Crippen LogP contribution in [0.15, 0.2) is 24.3 Å². The highest BCUT2D eigenvalue weighted by Crippen LogP contribution is 2.32. The van der Waals surface area contributed by atoms with Gasteiger partial charge in [0.15, 0.2) is 10.8 Å². The van der Waals surface area contributed by atoms with Gasteiger partial charge in [-0.3, -0.25) is 4.79 Å². The zero-order chi connectivity index (χ0) is 19.7. The first-order valence-corrected chi connectivity index (χ1v) is 10.4. The highest BCUT2D eigenvalue weighted by atomic mass is 32.1. The predicted molar refractivity (Wildman–Crippen MR) is 111 cm³/mol. The van der Waals surface area contributed by atoms with Crippen LogP contribution in [-0.2, 0) is 9.53 Å². The van der Waals surface area contributed by atoms with Gasteiger partial charge >= 0.3 is 0 Å². The second-order valence-corrected chi connectivity index (χ2v) is 8.26. The number of fused-ring (bicyclic) bond motifs is 1. The van der Waals surface area contributed by atoms with E-state index >= 15 is 0 Å². The Morgan fingerprint density at radius 1 is 1.43 bits per heavy atom. The topological polar surface area (TPSA) is 72.3 Å². The maximum atomic E-state index is 12.3. The van der Waals surface area contributed by atoms with Gasteiger partial charge in [0.1, 0.15) is 0 Å². The molecule has 1 aliphatic heterocycles. The molecule has 8 heteroatoms. The van der Waals surface area contributed by atoms with Crippen LogP contribution >= 0.6 is 11.3 Å². The number of carbonyl (C=O) groups excluding carboxylic acids is 1. The number of carbonyl (C=O) groups is 1. The Morgan fingerprint density at radius 3 is 3.04 bits per heavy atom. The summed E-state index contributed by atoms with van der Waals surface area (Å²) in [6, 6.07) is 8.20. The number of aryl methyl sites for hydroxylation is 2. The monoisotopic (exact) mass is 399 g/mol. The Balaban J connectivity index is 1.49. The Morgan fingerprint density at radius 2 is 2.29 bits per heavy atom. The van der Waals surface area contributed by atoms with Crippen LogP contribution < -0.4 is 10.2 Å². The van der Waals surface area contributed by atoms with E-state index in [0.29, 0.717) is 6.54 Å². The molecule has 1 atom stereocenters. The summed E-state index contributed by atoms with van der Waals surface area (Å²) in [6.07, 6.45) is 2.24. The van der Waals surface area contributed by atoms with Crippen molar-refractivity contribution in [2.24, 2.45) is 0 Å². The molecule has 1 amide bonds. The number of likely N-dealkylation sites (N-methyl/N-ethyl adjacent to an activating group) is 1. The molecule has 0 spiro atoms. The minimum absolute atomic E-state index is 0.0192. The third-order valence-corrected chi connectivity index (χ3v) is 6.15. The van der Waals surface area contributed by atoms with Crippen molar-refractivity contribution < 1.29 is 9.53 Å². The second kappa shape index (κ2) is 7.89. The highest BCUT2D eigenvalue weighted by molar-refractivity contribution is 7.22. The lowest BCUT2D eigenvalue weighted by Gasteiger charge is -2.16. The molecule has 0 unspecified atom stereocenters. The van der Waals surface area contributed by atoms with E-state index in [4.69, 9.17) is 9.72 Å². The molecule has 2 aromatic heterocycles. The van der Waals surface area contributed by atoms with Crippen molar-refractivity contribution in [3.05, 3.63) is 35.5 Å². The quantitative estimate of drug-likeness (QED) is 0.690. The molecule has 3 heterocycles. The average molecular weight is 400 g/mol. The van der Waals surface area contributed by atoms with Crippen molar-refractivity contribution in [2.75, 3.05) is 31.6 Å². The van der Waals surface area contributed by atoms with Gasteiger partial charge in [0.05, 0.1) is 28.7 Å². The maximum absolute atomic E-state index is 12.3. The summed E-state index contributed by atoms with van der Waals surface area (Å²) in [5.41, 5.74) is 3.94. The molecule has 28 heavy (non-hydrogen) atoms. The molecule has 1 aliphatic rings. The Hall–Kier alpha value is -2.45. The van der Waals surface area contributed by atoms with E-state index < -0.39 is 0 Å². The molecule has 1 aromatic carbocycles. The number of aromatic nitrogens is 3. The van der Waals surface area contributed by atoms with E-state index in [1.807, 2.05) is 35.7 Å². The van der Waals surface area contributed by atoms with E-state index in [1.54, 1.807) is 11.3 Å². The molecule has 0 bridgehead atoms. The first kappa shape index (κ1) is 18.9. The molecule has 3 aromatic rings. The highest BCUT2D eigenvalue weighted by Gasteiger charge is 2.20. The molecule has 4 rings (SSSR count). The van der Waals surface area contributed by atoms with Crippen molar-refractivity contribution >= 4 is 32.7 Å². The number of rotatable bonds is 6. The van der Waals surface area contributed by atoms with Crippen LogP contribution in [0.3, 0.4) is 0 Å². The van der Waals surface area contributed by atoms with Gasteiger partial charge in [0, 0.05) is 20.2 Å². The number of hydrogen-bond donors (Lipinski definition) is 1. The molecule has 1 fully saturated rings. The van der Waals surface area contributed by atoms with E-state index in [0.717, 1.165) is 46.3 Å². The van der Waals surface area contributed by atoms with Gasteiger partial charge in [0.2, 0.25) is 5.91 Å². The summed E-state index contributed by atoms with van der Waals surface area (Å²) < 4.78 is 8.47. The number of anilines is 1. The number of nitrogens with zero attached hydrogens (tertiary/aromatic N) is 4. The molecular weight excluding hydrogens is 374 g/mol. The lowest BCUT2D eigenvalue weighted by molar-refractivity contribution is -0.120. The molecule has 0 saturated carbocycles. The first-order chi connectivity index (χ1) is 13.5. The molecular formula is C20H25N5O2S. The van der Waals surface area contributed by atoms with Gasteiger partial charge in [0.25, 0.3) is 0 Å². The molecule has 0 aliphatic carbocycles. The number of nitrogens with one attached hydrogen (secondary N) is 1. The number of ether oxygens (including phenoxy) is 1. The zero-order valence-corrected chi connectivity index (χ0v) is 17.3. The van der Waals surface area contributed by atoms with Gasteiger partial charge in [-0.25, -0.2) is 4.68 Å².